The zero-order chi connectivity index (χ0) is 21.0. The molecule has 156 valence electrons. The molecule has 4 rings (SSSR count). The summed E-state index contributed by atoms with van der Waals surface area (Å²) in [6.45, 7) is 0. The smallest absolute Gasteiger partial charge is 0.310 e. The van der Waals surface area contributed by atoms with Crippen molar-refractivity contribution in [1.29, 1.82) is 0 Å². The van der Waals surface area contributed by atoms with Gasteiger partial charge < -0.3 is 15.2 Å². The first-order chi connectivity index (χ1) is 14.5. The molecule has 1 aromatic carbocycles. The maximum Gasteiger partial charge on any atom is 0.310 e. The van der Waals surface area contributed by atoms with Gasteiger partial charge in [-0.15, -0.1) is 11.3 Å². The number of hydrogen-bond donors (Lipinski definition) is 2. The fourth-order valence-electron chi connectivity index (χ4n) is 3.85. The van der Waals surface area contributed by atoms with E-state index in [-0.39, 0.29) is 6.10 Å². The van der Waals surface area contributed by atoms with Crippen molar-refractivity contribution < 1.29 is 14.6 Å². The molecule has 1 aliphatic carbocycles. The Morgan fingerprint density at radius 1 is 1.27 bits per heavy atom. The molecule has 30 heavy (non-hydrogen) atoms. The Morgan fingerprint density at radius 3 is 2.77 bits per heavy atom. The molecule has 0 saturated heterocycles. The van der Waals surface area contributed by atoms with E-state index >= 15 is 0 Å². The van der Waals surface area contributed by atoms with Crippen LogP contribution < -0.4 is 10.1 Å². The number of halogens is 1. The minimum Gasteiger partial charge on any atom is -0.490 e. The van der Waals surface area contributed by atoms with Crippen molar-refractivity contribution in [2.24, 2.45) is 5.41 Å². The van der Waals surface area contributed by atoms with Gasteiger partial charge in [0.2, 0.25) is 0 Å². The maximum atomic E-state index is 12.2. The van der Waals surface area contributed by atoms with Crippen LogP contribution in [0.3, 0.4) is 0 Å². The molecule has 0 aliphatic heterocycles. The molecule has 1 aliphatic rings. The van der Waals surface area contributed by atoms with Gasteiger partial charge in [-0.2, -0.15) is 0 Å². The van der Waals surface area contributed by atoms with Crippen molar-refractivity contribution in [2.75, 3.05) is 5.32 Å². The number of benzene rings is 1. The highest BCUT2D eigenvalue weighted by Crippen LogP contribution is 2.41. The van der Waals surface area contributed by atoms with E-state index in [0.717, 1.165) is 16.6 Å². The lowest BCUT2D eigenvalue weighted by Crippen LogP contribution is -2.40. The number of hydrogen-bond acceptors (Lipinski definition) is 6. The van der Waals surface area contributed by atoms with Crippen LogP contribution in [0.15, 0.2) is 54.0 Å². The number of carbonyl (C=O) groups is 1. The molecule has 0 amide bonds. The van der Waals surface area contributed by atoms with Gasteiger partial charge in [-0.05, 0) is 56.0 Å². The van der Waals surface area contributed by atoms with E-state index < -0.39 is 11.4 Å². The van der Waals surface area contributed by atoms with Gasteiger partial charge in [-0.25, -0.2) is 9.97 Å². The second kappa shape index (κ2) is 9.02. The topological polar surface area (TPSA) is 84.3 Å². The molecule has 3 aromatic rings. The molecule has 2 aromatic heterocycles. The van der Waals surface area contributed by atoms with Crippen LogP contribution in [0.4, 0.5) is 10.9 Å². The summed E-state index contributed by atoms with van der Waals surface area (Å²) in [4.78, 5) is 21.0. The molecule has 8 heteroatoms. The van der Waals surface area contributed by atoms with E-state index in [2.05, 4.69) is 15.3 Å². The summed E-state index contributed by atoms with van der Waals surface area (Å²) in [5.74, 6) is 0.614. The Bertz CT molecular complexity index is 1000. The quantitative estimate of drug-likeness (QED) is 0.496. The molecule has 0 unspecified atom stereocenters. The third-order valence-corrected chi connectivity index (χ3v) is 6.36. The largest absolute Gasteiger partial charge is 0.490 e. The monoisotopic (exact) mass is 443 g/mol. The van der Waals surface area contributed by atoms with Crippen LogP contribution >= 0.6 is 22.9 Å². The second-order valence-electron chi connectivity index (χ2n) is 7.51. The van der Waals surface area contributed by atoms with Crippen LogP contribution in [0.2, 0.25) is 5.02 Å². The normalized spacial score (nSPS) is 21.2. The predicted octanol–water partition coefficient (Wildman–Crippen LogP) is 5.57. The molecule has 2 N–H and O–H groups in total. The van der Waals surface area contributed by atoms with Crippen LogP contribution in [0.1, 0.15) is 31.4 Å². The summed E-state index contributed by atoms with van der Waals surface area (Å²) in [6.07, 6.45) is 4.53. The fourth-order valence-corrected chi connectivity index (χ4v) is 4.57. The summed E-state index contributed by atoms with van der Waals surface area (Å²) in [5, 5.41) is 16.5. The molecule has 0 bridgehead atoms. The number of carboxylic acids is 1. The van der Waals surface area contributed by atoms with Gasteiger partial charge in [-0.1, -0.05) is 23.7 Å². The number of carboxylic acid groups (broad SMARTS) is 1. The number of aliphatic carboxylic acids is 1. The van der Waals surface area contributed by atoms with Crippen LogP contribution in [-0.4, -0.2) is 27.1 Å². The summed E-state index contributed by atoms with van der Waals surface area (Å²) in [6, 6.07) is 12.9. The Labute approximate surface area is 183 Å². The molecule has 0 atom stereocenters. The minimum absolute atomic E-state index is 0.0122. The van der Waals surface area contributed by atoms with E-state index in [0.29, 0.717) is 42.9 Å². The first-order valence-corrected chi connectivity index (χ1v) is 11.1. The van der Waals surface area contributed by atoms with Gasteiger partial charge in [0.1, 0.15) is 11.6 Å². The van der Waals surface area contributed by atoms with Gasteiger partial charge >= 0.3 is 5.97 Å². The number of pyridine rings is 1. The molecule has 6 nitrogen and oxygen atoms in total. The fraction of sp³-hybridized carbons (Fsp3) is 0.318. The van der Waals surface area contributed by atoms with E-state index in [1.807, 2.05) is 35.7 Å². The number of thiazole rings is 1. The van der Waals surface area contributed by atoms with Gasteiger partial charge in [0, 0.05) is 28.7 Å². The Balaban J connectivity index is 1.42. The number of aromatic nitrogens is 2. The van der Waals surface area contributed by atoms with E-state index in [1.165, 1.54) is 11.3 Å². The SMILES string of the molecule is O=C(O)C1(Cc2cccc(Nc3nccs3)n2)CCC(Oc2cccc(Cl)c2)CC1. The van der Waals surface area contributed by atoms with Crippen molar-refractivity contribution in [1.82, 2.24) is 9.97 Å². The summed E-state index contributed by atoms with van der Waals surface area (Å²) in [7, 11) is 0. The number of ether oxygens (including phenoxy) is 1. The van der Waals surface area contributed by atoms with Crippen LogP contribution in [0.25, 0.3) is 0 Å². The molecule has 1 fully saturated rings. The highest BCUT2D eigenvalue weighted by Gasteiger charge is 2.43. The highest BCUT2D eigenvalue weighted by atomic mass is 35.5. The van der Waals surface area contributed by atoms with Crippen LogP contribution in [-0.2, 0) is 11.2 Å². The number of nitrogens with one attached hydrogen (secondary N) is 1. The zero-order valence-corrected chi connectivity index (χ0v) is 17.8. The predicted molar refractivity (Wildman–Crippen MR) is 118 cm³/mol. The first kappa shape index (κ1) is 20.6. The molecular weight excluding hydrogens is 422 g/mol. The van der Waals surface area contributed by atoms with E-state index in [4.69, 9.17) is 16.3 Å². The number of nitrogens with zero attached hydrogens (tertiary/aromatic N) is 2. The van der Waals surface area contributed by atoms with Crippen LogP contribution in [0.5, 0.6) is 5.75 Å². The third-order valence-electron chi connectivity index (χ3n) is 5.44. The van der Waals surface area contributed by atoms with Crippen molar-refractivity contribution in [3.8, 4) is 5.75 Å². The number of anilines is 2. The lowest BCUT2D eigenvalue weighted by molar-refractivity contribution is -0.152. The molecule has 2 heterocycles. The summed E-state index contributed by atoms with van der Waals surface area (Å²) in [5.41, 5.74) is -0.0748. The zero-order valence-electron chi connectivity index (χ0n) is 16.3. The van der Waals surface area contributed by atoms with Gasteiger partial charge in [-0.3, -0.25) is 4.79 Å². The Hall–Kier alpha value is -2.64. The third kappa shape index (κ3) is 4.91. The van der Waals surface area contributed by atoms with E-state index in [9.17, 15) is 9.90 Å². The van der Waals surface area contributed by atoms with Crippen molar-refractivity contribution in [3.63, 3.8) is 0 Å². The second-order valence-corrected chi connectivity index (χ2v) is 8.84. The van der Waals surface area contributed by atoms with Crippen molar-refractivity contribution in [3.05, 3.63) is 64.8 Å². The maximum absolute atomic E-state index is 12.2. The first-order valence-electron chi connectivity index (χ1n) is 9.80. The van der Waals surface area contributed by atoms with Crippen molar-refractivity contribution in [2.45, 2.75) is 38.2 Å². The molecular formula is C22H22ClN3O3S. The Morgan fingerprint density at radius 2 is 2.07 bits per heavy atom. The molecule has 1 saturated carbocycles. The molecule has 0 radical (unpaired) electrons. The van der Waals surface area contributed by atoms with Gasteiger partial charge in [0.05, 0.1) is 11.5 Å². The van der Waals surface area contributed by atoms with Gasteiger partial charge in [0.15, 0.2) is 5.13 Å². The summed E-state index contributed by atoms with van der Waals surface area (Å²) >= 11 is 7.51. The highest BCUT2D eigenvalue weighted by molar-refractivity contribution is 7.13. The average molecular weight is 444 g/mol. The van der Waals surface area contributed by atoms with Gasteiger partial charge in [0.25, 0.3) is 0 Å². The van der Waals surface area contributed by atoms with Crippen LogP contribution in [0, 0.1) is 5.41 Å². The minimum atomic E-state index is -0.832. The lowest BCUT2D eigenvalue weighted by atomic mass is 9.70. The summed E-state index contributed by atoms with van der Waals surface area (Å²) < 4.78 is 6.03. The standard InChI is InChI=1S/C22H22ClN3O3S/c23-15-3-1-5-18(13-15)29-17-7-9-22(10-8-17,20(27)28)14-16-4-2-6-19(25-16)26-21-24-11-12-30-21/h1-6,11-13,17H,7-10,14H2,(H,27,28)(H,24,25,26). The lowest BCUT2D eigenvalue weighted by Gasteiger charge is -2.36. The van der Waals surface area contributed by atoms with Crippen molar-refractivity contribution >= 4 is 39.9 Å². The molecule has 0 spiro atoms. The van der Waals surface area contributed by atoms with E-state index in [1.54, 1.807) is 18.3 Å². The number of rotatable bonds is 7. The Kier molecular flexibility index (Phi) is 6.20. The average Bonchev–Trinajstić information content (AvgIpc) is 3.23.